The molecule has 3 saturated heterocycles. The van der Waals surface area contributed by atoms with Crippen molar-refractivity contribution in [2.45, 2.75) is 76.5 Å². The van der Waals surface area contributed by atoms with Gasteiger partial charge in [0.05, 0.1) is 18.3 Å². The third-order valence-corrected chi connectivity index (χ3v) is 4.60. The van der Waals surface area contributed by atoms with Gasteiger partial charge in [0.2, 0.25) is 0 Å². The maximum atomic E-state index is 10.5. The molecule has 0 aromatic heterocycles. The fourth-order valence-electron chi connectivity index (χ4n) is 3.16. The first-order chi connectivity index (χ1) is 12.1. The molecule has 3 rings (SSSR count). The molecular formula is C20H30O5. The summed E-state index contributed by atoms with van der Waals surface area (Å²) in [6, 6.07) is 0. The van der Waals surface area contributed by atoms with Gasteiger partial charge in [-0.15, -0.1) is 0 Å². The minimum absolute atomic E-state index is 0.0361. The molecule has 0 aromatic rings. The van der Waals surface area contributed by atoms with Crippen molar-refractivity contribution in [2.75, 3.05) is 0 Å². The Morgan fingerprint density at radius 1 is 1.24 bits per heavy atom. The average molecular weight is 350 g/mol. The molecule has 2 bridgehead atoms. The summed E-state index contributed by atoms with van der Waals surface area (Å²) in [5, 5.41) is 18.6. The van der Waals surface area contributed by atoms with Gasteiger partial charge in [-0.3, -0.25) is 4.79 Å². The Hall–Kier alpha value is -1.43. The smallest absolute Gasteiger partial charge is 0.303 e. The molecule has 0 radical (unpaired) electrons. The zero-order chi connectivity index (χ0) is 18.1. The molecule has 0 amide bonds. The van der Waals surface area contributed by atoms with Crippen LogP contribution in [0.3, 0.4) is 0 Å². The standard InChI is InChI=1S/C20H30O5/c1-2-3-6-9-15(21)12-13-17-16(18-14-20(24-17)25-18)10-7-4-5-8-11-19(22)23/h3-4,6-7,12-13,15-18,20-21H,2,5,8-11,14H2,1H3,(H,22,23). The number of aliphatic carboxylic acids is 1. The van der Waals surface area contributed by atoms with Crippen molar-refractivity contribution in [3.63, 3.8) is 0 Å². The molecule has 2 N–H and O–H groups in total. The van der Waals surface area contributed by atoms with Crippen LogP contribution in [0.2, 0.25) is 0 Å². The lowest BCUT2D eigenvalue weighted by Gasteiger charge is -2.49. The molecule has 5 unspecified atom stereocenters. The first-order valence-corrected chi connectivity index (χ1v) is 9.29. The van der Waals surface area contributed by atoms with Crippen LogP contribution in [0, 0.1) is 5.92 Å². The number of allylic oxidation sites excluding steroid dienone is 3. The Balaban J connectivity index is 1.79. The van der Waals surface area contributed by atoms with Crippen molar-refractivity contribution in [3.05, 3.63) is 36.5 Å². The summed E-state index contributed by atoms with van der Waals surface area (Å²) < 4.78 is 11.6. The molecule has 3 aliphatic heterocycles. The largest absolute Gasteiger partial charge is 0.481 e. The number of hydrogen-bond donors (Lipinski definition) is 2. The van der Waals surface area contributed by atoms with Crippen LogP contribution in [0.25, 0.3) is 0 Å². The van der Waals surface area contributed by atoms with Crippen LogP contribution in [0.4, 0.5) is 0 Å². The van der Waals surface area contributed by atoms with E-state index in [1.807, 2.05) is 24.3 Å². The average Bonchev–Trinajstić information content (AvgIpc) is 2.55. The Kier molecular flexibility index (Phi) is 8.38. The van der Waals surface area contributed by atoms with Crippen molar-refractivity contribution >= 4 is 5.97 Å². The molecule has 5 nitrogen and oxygen atoms in total. The van der Waals surface area contributed by atoms with Crippen LogP contribution in [0.5, 0.6) is 0 Å². The number of aliphatic hydroxyl groups excluding tert-OH is 1. The van der Waals surface area contributed by atoms with Crippen LogP contribution < -0.4 is 0 Å². The summed E-state index contributed by atoms with van der Waals surface area (Å²) in [4.78, 5) is 10.5. The molecule has 0 spiro atoms. The topological polar surface area (TPSA) is 76.0 Å². The summed E-state index contributed by atoms with van der Waals surface area (Å²) >= 11 is 0. The van der Waals surface area contributed by atoms with Crippen LogP contribution in [0.1, 0.15) is 51.9 Å². The number of hydrogen-bond acceptors (Lipinski definition) is 4. The molecule has 3 heterocycles. The molecule has 3 aliphatic rings. The highest BCUT2D eigenvalue weighted by atomic mass is 16.7. The fourth-order valence-corrected chi connectivity index (χ4v) is 3.16. The van der Waals surface area contributed by atoms with Crippen LogP contribution in [-0.4, -0.2) is 40.8 Å². The molecule has 5 atom stereocenters. The highest BCUT2D eigenvalue weighted by Gasteiger charge is 2.46. The van der Waals surface area contributed by atoms with Crippen molar-refractivity contribution in [1.29, 1.82) is 0 Å². The highest BCUT2D eigenvalue weighted by Crippen LogP contribution is 2.40. The molecule has 140 valence electrons. The number of ether oxygens (including phenoxy) is 2. The van der Waals surface area contributed by atoms with Crippen molar-refractivity contribution in [1.82, 2.24) is 0 Å². The van der Waals surface area contributed by atoms with Gasteiger partial charge >= 0.3 is 5.97 Å². The van der Waals surface area contributed by atoms with Gasteiger partial charge in [-0.25, -0.2) is 0 Å². The Bertz CT molecular complexity index is 490. The van der Waals surface area contributed by atoms with E-state index in [0.29, 0.717) is 12.8 Å². The van der Waals surface area contributed by atoms with Gasteiger partial charge in [-0.1, -0.05) is 43.4 Å². The quantitative estimate of drug-likeness (QED) is 0.440. The maximum absolute atomic E-state index is 10.5. The third kappa shape index (κ3) is 6.77. The molecule has 0 saturated carbocycles. The highest BCUT2D eigenvalue weighted by molar-refractivity contribution is 5.66. The second-order valence-electron chi connectivity index (χ2n) is 6.67. The molecule has 0 aliphatic carbocycles. The van der Waals surface area contributed by atoms with E-state index in [0.717, 1.165) is 25.7 Å². The number of carboxylic acid groups (broad SMARTS) is 1. The molecular weight excluding hydrogens is 320 g/mol. The first-order valence-electron chi connectivity index (χ1n) is 9.29. The number of carbonyl (C=O) groups is 1. The lowest BCUT2D eigenvalue weighted by atomic mass is 9.84. The third-order valence-electron chi connectivity index (χ3n) is 4.60. The zero-order valence-electron chi connectivity index (χ0n) is 14.9. The summed E-state index contributed by atoms with van der Waals surface area (Å²) in [6.07, 6.45) is 16.6. The van der Waals surface area contributed by atoms with Crippen molar-refractivity contribution in [2.24, 2.45) is 5.92 Å². The normalized spacial score (nSPS) is 30.2. The van der Waals surface area contributed by atoms with Crippen molar-refractivity contribution in [3.8, 4) is 0 Å². The van der Waals surface area contributed by atoms with Crippen LogP contribution in [-0.2, 0) is 14.3 Å². The number of carboxylic acids is 1. The zero-order valence-corrected chi connectivity index (χ0v) is 14.9. The van der Waals surface area contributed by atoms with Gasteiger partial charge in [0.15, 0.2) is 6.29 Å². The van der Waals surface area contributed by atoms with Gasteiger partial charge in [-0.05, 0) is 32.1 Å². The lowest BCUT2D eigenvalue weighted by molar-refractivity contribution is -0.337. The summed E-state index contributed by atoms with van der Waals surface area (Å²) in [5.41, 5.74) is 0. The van der Waals surface area contributed by atoms with Crippen LogP contribution in [0.15, 0.2) is 36.5 Å². The van der Waals surface area contributed by atoms with Gasteiger partial charge in [0.25, 0.3) is 0 Å². The van der Waals surface area contributed by atoms with E-state index in [2.05, 4.69) is 19.1 Å². The summed E-state index contributed by atoms with van der Waals surface area (Å²) in [7, 11) is 0. The van der Waals surface area contributed by atoms with Gasteiger partial charge < -0.3 is 19.7 Å². The monoisotopic (exact) mass is 350 g/mol. The Morgan fingerprint density at radius 3 is 2.76 bits per heavy atom. The van der Waals surface area contributed by atoms with Crippen LogP contribution >= 0.6 is 0 Å². The summed E-state index contributed by atoms with van der Waals surface area (Å²) in [6.45, 7) is 2.07. The molecule has 0 aromatic carbocycles. The predicted octanol–water partition coefficient (Wildman–Crippen LogP) is 3.59. The second kappa shape index (κ2) is 10.5. The molecule has 25 heavy (non-hydrogen) atoms. The minimum atomic E-state index is -0.750. The number of aliphatic hydroxyl groups is 1. The fraction of sp³-hybridized carbons (Fsp3) is 0.650. The van der Waals surface area contributed by atoms with Crippen molar-refractivity contribution < 1.29 is 24.5 Å². The number of fused-ring (bicyclic) bond motifs is 2. The van der Waals surface area contributed by atoms with E-state index in [1.54, 1.807) is 0 Å². The number of rotatable bonds is 11. The lowest BCUT2D eigenvalue weighted by Crippen LogP contribution is -2.55. The van der Waals surface area contributed by atoms with E-state index in [4.69, 9.17) is 14.6 Å². The SMILES string of the molecule is CCC=CCC(O)C=CC1OC2CC(O2)C1CC=CCCCC(=O)O. The molecule has 3 fully saturated rings. The Labute approximate surface area is 150 Å². The summed E-state index contributed by atoms with van der Waals surface area (Å²) in [5.74, 6) is -0.504. The van der Waals surface area contributed by atoms with Gasteiger partial charge in [0, 0.05) is 18.8 Å². The minimum Gasteiger partial charge on any atom is -0.481 e. The van der Waals surface area contributed by atoms with E-state index in [-0.39, 0.29) is 30.8 Å². The maximum Gasteiger partial charge on any atom is 0.303 e. The number of unbranched alkanes of at least 4 members (excludes halogenated alkanes) is 1. The Morgan fingerprint density at radius 2 is 2.04 bits per heavy atom. The van der Waals surface area contributed by atoms with Gasteiger partial charge in [0.1, 0.15) is 0 Å². The van der Waals surface area contributed by atoms with E-state index in [9.17, 15) is 9.90 Å². The van der Waals surface area contributed by atoms with Gasteiger partial charge in [-0.2, -0.15) is 0 Å². The van der Waals surface area contributed by atoms with E-state index in [1.165, 1.54) is 0 Å². The predicted molar refractivity (Wildman–Crippen MR) is 96.1 cm³/mol. The second-order valence-corrected chi connectivity index (χ2v) is 6.67. The van der Waals surface area contributed by atoms with E-state index < -0.39 is 12.1 Å². The molecule has 5 heteroatoms. The van der Waals surface area contributed by atoms with E-state index >= 15 is 0 Å². The first kappa shape index (κ1) is 19.9.